The molecule has 19 heavy (non-hydrogen) atoms. The van der Waals surface area contributed by atoms with E-state index in [1.807, 2.05) is 0 Å². The van der Waals surface area contributed by atoms with Crippen LogP contribution < -0.4 is 16.6 Å². The molecular formula is C10H13F2N7. The van der Waals surface area contributed by atoms with Gasteiger partial charge in [-0.3, -0.25) is 0 Å². The van der Waals surface area contributed by atoms with Gasteiger partial charge in [0.1, 0.15) is 6.33 Å². The lowest BCUT2D eigenvalue weighted by molar-refractivity contribution is 0.575. The summed E-state index contributed by atoms with van der Waals surface area (Å²) < 4.78 is 28.5. The third-order valence-electron chi connectivity index (χ3n) is 2.55. The van der Waals surface area contributed by atoms with Gasteiger partial charge in [0.2, 0.25) is 0 Å². The van der Waals surface area contributed by atoms with E-state index in [0.29, 0.717) is 11.9 Å². The second kappa shape index (κ2) is 5.14. The summed E-state index contributed by atoms with van der Waals surface area (Å²) in [5, 5.41) is 10.4. The second-order valence-corrected chi connectivity index (χ2v) is 3.96. The van der Waals surface area contributed by atoms with Crippen molar-refractivity contribution in [3.05, 3.63) is 29.9 Å². The molecule has 2 aromatic heterocycles. The van der Waals surface area contributed by atoms with E-state index in [-0.39, 0.29) is 17.7 Å². The fraction of sp³-hybridized carbons (Fsp3) is 0.300. The number of nitrogen functional groups attached to an aromatic ring is 1. The average molecular weight is 269 g/mol. The Bertz CT molecular complexity index is 583. The Morgan fingerprint density at radius 2 is 2.00 bits per heavy atom. The van der Waals surface area contributed by atoms with Gasteiger partial charge in [0.05, 0.1) is 6.04 Å². The number of hydrazine groups is 1. The quantitative estimate of drug-likeness (QED) is 0.565. The van der Waals surface area contributed by atoms with Gasteiger partial charge in [-0.25, -0.2) is 19.6 Å². The minimum Gasteiger partial charge on any atom is -0.358 e. The number of aryl methyl sites for hydroxylation is 1. The van der Waals surface area contributed by atoms with E-state index in [2.05, 4.69) is 25.9 Å². The zero-order valence-corrected chi connectivity index (χ0v) is 10.4. The maximum atomic E-state index is 13.6. The van der Waals surface area contributed by atoms with Crippen molar-refractivity contribution in [3.8, 4) is 0 Å². The summed E-state index contributed by atoms with van der Waals surface area (Å²) in [4.78, 5) is 3.72. The fourth-order valence-corrected chi connectivity index (χ4v) is 1.62. The predicted molar refractivity (Wildman–Crippen MR) is 65.0 cm³/mol. The monoisotopic (exact) mass is 269 g/mol. The van der Waals surface area contributed by atoms with Gasteiger partial charge in [-0.2, -0.15) is 0 Å². The Morgan fingerprint density at radius 1 is 1.32 bits per heavy atom. The van der Waals surface area contributed by atoms with Crippen LogP contribution in [-0.4, -0.2) is 19.7 Å². The molecule has 2 aromatic rings. The second-order valence-electron chi connectivity index (χ2n) is 3.96. The highest BCUT2D eigenvalue weighted by atomic mass is 19.1. The van der Waals surface area contributed by atoms with Crippen LogP contribution in [0.3, 0.4) is 0 Å². The lowest BCUT2D eigenvalue weighted by Gasteiger charge is -2.15. The van der Waals surface area contributed by atoms with Crippen molar-refractivity contribution in [2.75, 3.05) is 10.7 Å². The van der Waals surface area contributed by atoms with E-state index in [1.165, 1.54) is 6.33 Å². The van der Waals surface area contributed by atoms with Crippen molar-refractivity contribution < 1.29 is 8.78 Å². The first-order valence-electron chi connectivity index (χ1n) is 5.46. The molecule has 0 fully saturated rings. The van der Waals surface area contributed by atoms with Crippen LogP contribution in [0.2, 0.25) is 0 Å². The molecule has 2 rings (SSSR count). The summed E-state index contributed by atoms with van der Waals surface area (Å²) in [6.45, 7) is 1.75. The summed E-state index contributed by atoms with van der Waals surface area (Å²) >= 11 is 0. The molecule has 0 amide bonds. The molecule has 2 heterocycles. The molecule has 0 radical (unpaired) electrons. The van der Waals surface area contributed by atoms with Crippen molar-refractivity contribution >= 4 is 11.6 Å². The number of halogens is 2. The van der Waals surface area contributed by atoms with Gasteiger partial charge in [-0.05, 0) is 6.92 Å². The number of aromatic nitrogens is 4. The van der Waals surface area contributed by atoms with Gasteiger partial charge >= 0.3 is 0 Å². The summed E-state index contributed by atoms with van der Waals surface area (Å²) in [5.74, 6) is 3.64. The SMILES string of the molecule is CC(Nc1nc(NN)c(F)cc1F)c1nncn1C. The van der Waals surface area contributed by atoms with Crippen LogP contribution >= 0.6 is 0 Å². The summed E-state index contributed by atoms with van der Waals surface area (Å²) in [6.07, 6.45) is 1.52. The molecule has 0 saturated carbocycles. The van der Waals surface area contributed by atoms with Crippen molar-refractivity contribution in [2.24, 2.45) is 12.9 Å². The van der Waals surface area contributed by atoms with Gasteiger partial charge < -0.3 is 15.3 Å². The van der Waals surface area contributed by atoms with Gasteiger partial charge in [0.25, 0.3) is 0 Å². The van der Waals surface area contributed by atoms with Gasteiger partial charge in [0.15, 0.2) is 29.1 Å². The average Bonchev–Trinajstić information content (AvgIpc) is 2.79. The largest absolute Gasteiger partial charge is 0.358 e. The third-order valence-corrected chi connectivity index (χ3v) is 2.55. The molecule has 0 aliphatic carbocycles. The fourth-order valence-electron chi connectivity index (χ4n) is 1.62. The molecule has 4 N–H and O–H groups in total. The van der Waals surface area contributed by atoms with Crippen LogP contribution in [0.4, 0.5) is 20.4 Å². The number of hydrogen-bond acceptors (Lipinski definition) is 6. The number of rotatable bonds is 4. The van der Waals surface area contributed by atoms with Crippen LogP contribution in [0.15, 0.2) is 12.4 Å². The van der Waals surface area contributed by atoms with Crippen molar-refractivity contribution in [1.82, 2.24) is 19.7 Å². The molecule has 102 valence electrons. The molecule has 7 nitrogen and oxygen atoms in total. The molecular weight excluding hydrogens is 256 g/mol. The Labute approximate surface area is 107 Å². The minimum atomic E-state index is -0.864. The Balaban J connectivity index is 2.26. The van der Waals surface area contributed by atoms with Crippen LogP contribution in [0, 0.1) is 11.6 Å². The van der Waals surface area contributed by atoms with E-state index in [1.54, 1.807) is 18.5 Å². The molecule has 0 aliphatic rings. The van der Waals surface area contributed by atoms with Gasteiger partial charge in [-0.15, -0.1) is 10.2 Å². The maximum absolute atomic E-state index is 13.6. The smallest absolute Gasteiger partial charge is 0.178 e. The van der Waals surface area contributed by atoms with Crippen LogP contribution in [0.1, 0.15) is 18.8 Å². The summed E-state index contributed by atoms with van der Waals surface area (Å²) in [5.41, 5.74) is 2.06. The van der Waals surface area contributed by atoms with E-state index in [4.69, 9.17) is 5.84 Å². The topological polar surface area (TPSA) is 93.7 Å². The number of hydrogen-bond donors (Lipinski definition) is 3. The zero-order valence-electron chi connectivity index (χ0n) is 10.4. The number of anilines is 2. The third kappa shape index (κ3) is 2.60. The molecule has 0 aromatic carbocycles. The summed E-state index contributed by atoms with van der Waals surface area (Å²) in [6, 6.07) is 0.346. The Morgan fingerprint density at radius 3 is 2.58 bits per heavy atom. The first kappa shape index (κ1) is 13.1. The van der Waals surface area contributed by atoms with E-state index < -0.39 is 11.6 Å². The molecule has 0 bridgehead atoms. The number of nitrogens with one attached hydrogen (secondary N) is 2. The van der Waals surface area contributed by atoms with Crippen LogP contribution in [-0.2, 0) is 7.05 Å². The molecule has 0 aliphatic heterocycles. The number of nitrogens with zero attached hydrogens (tertiary/aromatic N) is 4. The number of nitrogens with two attached hydrogens (primary N) is 1. The van der Waals surface area contributed by atoms with E-state index in [9.17, 15) is 8.78 Å². The normalized spacial score (nSPS) is 12.3. The Kier molecular flexibility index (Phi) is 3.56. The minimum absolute atomic E-state index is 0.121. The van der Waals surface area contributed by atoms with Crippen molar-refractivity contribution in [1.29, 1.82) is 0 Å². The lowest BCUT2D eigenvalue weighted by Crippen LogP contribution is -2.16. The zero-order chi connectivity index (χ0) is 14.0. The molecule has 0 spiro atoms. The molecule has 1 atom stereocenters. The van der Waals surface area contributed by atoms with Gasteiger partial charge in [-0.1, -0.05) is 0 Å². The maximum Gasteiger partial charge on any atom is 0.178 e. The molecule has 1 unspecified atom stereocenters. The lowest BCUT2D eigenvalue weighted by atomic mass is 10.3. The first-order chi connectivity index (χ1) is 9.02. The van der Waals surface area contributed by atoms with Crippen LogP contribution in [0.25, 0.3) is 0 Å². The summed E-state index contributed by atoms with van der Waals surface area (Å²) in [7, 11) is 1.76. The van der Waals surface area contributed by atoms with Gasteiger partial charge in [0, 0.05) is 13.1 Å². The van der Waals surface area contributed by atoms with E-state index >= 15 is 0 Å². The highest BCUT2D eigenvalue weighted by molar-refractivity contribution is 5.47. The van der Waals surface area contributed by atoms with Crippen molar-refractivity contribution in [2.45, 2.75) is 13.0 Å². The number of pyridine rings is 1. The Hall–Kier alpha value is -2.29. The highest BCUT2D eigenvalue weighted by Gasteiger charge is 2.16. The molecule has 0 saturated heterocycles. The standard InChI is InChI=1S/C10H13F2N7/c1-5(10-18-14-4-19(10)2)15-8-6(11)3-7(12)9(16-8)17-13/h3-5H,13H2,1-2H3,(H2,15,16,17). The van der Waals surface area contributed by atoms with Crippen LogP contribution in [0.5, 0.6) is 0 Å². The predicted octanol–water partition coefficient (Wildman–Crippen LogP) is 0.947. The highest BCUT2D eigenvalue weighted by Crippen LogP contribution is 2.22. The van der Waals surface area contributed by atoms with E-state index in [0.717, 1.165) is 0 Å². The van der Waals surface area contributed by atoms with Crippen molar-refractivity contribution in [3.63, 3.8) is 0 Å². The first-order valence-corrected chi connectivity index (χ1v) is 5.46. The molecule has 9 heteroatoms.